The second-order valence-electron chi connectivity index (χ2n) is 5.15. The van der Waals surface area contributed by atoms with E-state index in [2.05, 4.69) is 0 Å². The Morgan fingerprint density at radius 1 is 0.824 bits per heavy atom. The largest absolute Gasteiger partial charge is 0.462 e. The summed E-state index contributed by atoms with van der Waals surface area (Å²) < 4.78 is 10.2. The molecule has 4 heteroatoms. The molecule has 0 aliphatic rings. The predicted molar refractivity (Wildman–Crippen MR) is 65.4 cm³/mol. The molecule has 0 fully saturated rings. The van der Waals surface area contributed by atoms with Crippen LogP contribution in [0.2, 0.25) is 0 Å². The number of rotatable bonds is 6. The molecule has 0 saturated heterocycles. The molecule has 0 aromatic heterocycles. The first-order chi connectivity index (χ1) is 7.73. The van der Waals surface area contributed by atoms with Crippen LogP contribution in [0.3, 0.4) is 0 Å². The first kappa shape index (κ1) is 15.9. The zero-order valence-electron chi connectivity index (χ0n) is 11.6. The minimum absolute atomic E-state index is 0.219. The molecule has 0 atom stereocenters. The fourth-order valence-corrected chi connectivity index (χ4v) is 1.39. The maximum atomic E-state index is 11.8. The molecular formula is C13H24O4. The van der Waals surface area contributed by atoms with Gasteiger partial charge in [0.15, 0.2) is 5.92 Å². The van der Waals surface area contributed by atoms with E-state index in [1.165, 1.54) is 0 Å². The maximum Gasteiger partial charge on any atom is 0.320 e. The van der Waals surface area contributed by atoms with Crippen molar-refractivity contribution in [3.05, 3.63) is 0 Å². The van der Waals surface area contributed by atoms with Crippen molar-refractivity contribution in [1.82, 2.24) is 0 Å². The van der Waals surface area contributed by atoms with Crippen LogP contribution < -0.4 is 0 Å². The van der Waals surface area contributed by atoms with E-state index in [0.29, 0.717) is 6.42 Å². The topological polar surface area (TPSA) is 52.6 Å². The lowest BCUT2D eigenvalue weighted by Gasteiger charge is -2.19. The molecule has 0 unspecified atom stereocenters. The van der Waals surface area contributed by atoms with Crippen molar-refractivity contribution in [2.24, 2.45) is 11.8 Å². The fourth-order valence-electron chi connectivity index (χ4n) is 1.39. The number of carbonyl (C=O) groups excluding carboxylic acids is 2. The average molecular weight is 244 g/mol. The molecule has 100 valence electrons. The highest BCUT2D eigenvalue weighted by atomic mass is 16.6. The molecule has 0 heterocycles. The summed E-state index contributed by atoms with van der Waals surface area (Å²) in [6.45, 7) is 11.0. The monoisotopic (exact) mass is 244 g/mol. The summed E-state index contributed by atoms with van der Waals surface area (Å²) in [5.41, 5.74) is 0. The molecular weight excluding hydrogens is 220 g/mol. The normalized spacial score (nSPS) is 11.4. The molecule has 0 amide bonds. The van der Waals surface area contributed by atoms with Crippen LogP contribution in [0.4, 0.5) is 0 Å². The van der Waals surface area contributed by atoms with Crippen LogP contribution >= 0.6 is 0 Å². The number of ether oxygens (including phenoxy) is 2. The van der Waals surface area contributed by atoms with Crippen molar-refractivity contribution < 1.29 is 19.1 Å². The van der Waals surface area contributed by atoms with Crippen molar-refractivity contribution >= 4 is 11.9 Å². The number of hydrogen-bond donors (Lipinski definition) is 0. The van der Waals surface area contributed by atoms with E-state index in [1.807, 2.05) is 13.8 Å². The minimum Gasteiger partial charge on any atom is -0.462 e. The molecule has 0 aliphatic carbocycles. The first-order valence-electron chi connectivity index (χ1n) is 6.15. The van der Waals surface area contributed by atoms with Crippen molar-refractivity contribution in [1.29, 1.82) is 0 Å². The molecule has 0 aromatic carbocycles. The van der Waals surface area contributed by atoms with E-state index in [9.17, 15) is 9.59 Å². The van der Waals surface area contributed by atoms with Gasteiger partial charge >= 0.3 is 11.9 Å². The van der Waals surface area contributed by atoms with E-state index in [1.54, 1.807) is 27.7 Å². The van der Waals surface area contributed by atoms with E-state index in [4.69, 9.17) is 9.47 Å². The Kier molecular flexibility index (Phi) is 6.85. The van der Waals surface area contributed by atoms with Gasteiger partial charge in [-0.05, 0) is 40.0 Å². The highest BCUT2D eigenvalue weighted by molar-refractivity contribution is 5.95. The highest BCUT2D eigenvalue weighted by Crippen LogP contribution is 2.17. The van der Waals surface area contributed by atoms with Gasteiger partial charge in [0.25, 0.3) is 0 Å². The van der Waals surface area contributed by atoms with Crippen LogP contribution in [0, 0.1) is 11.8 Å². The molecule has 17 heavy (non-hydrogen) atoms. The molecule has 4 nitrogen and oxygen atoms in total. The Labute approximate surface area is 104 Å². The molecule has 0 spiro atoms. The van der Waals surface area contributed by atoms with Crippen LogP contribution in [0.1, 0.15) is 48.0 Å². The third-order valence-corrected chi connectivity index (χ3v) is 1.98. The lowest BCUT2D eigenvalue weighted by atomic mass is 9.97. The summed E-state index contributed by atoms with van der Waals surface area (Å²) in [7, 11) is 0. The third kappa shape index (κ3) is 6.97. The number of hydrogen-bond acceptors (Lipinski definition) is 4. The van der Waals surface area contributed by atoms with Crippen LogP contribution in [-0.4, -0.2) is 24.1 Å². The molecule has 0 rings (SSSR count). The molecule has 0 N–H and O–H groups in total. The molecule has 0 aliphatic heterocycles. The lowest BCUT2D eigenvalue weighted by molar-refractivity contribution is -0.167. The van der Waals surface area contributed by atoms with Crippen LogP contribution in [0.25, 0.3) is 0 Å². The third-order valence-electron chi connectivity index (χ3n) is 1.98. The summed E-state index contributed by atoms with van der Waals surface area (Å²) in [6, 6.07) is 0. The van der Waals surface area contributed by atoms with Gasteiger partial charge in [0.05, 0.1) is 12.2 Å². The zero-order valence-corrected chi connectivity index (χ0v) is 11.6. The average Bonchev–Trinajstić information content (AvgIpc) is 2.11. The summed E-state index contributed by atoms with van der Waals surface area (Å²) >= 11 is 0. The second kappa shape index (κ2) is 7.30. The van der Waals surface area contributed by atoms with Crippen molar-refractivity contribution in [2.75, 3.05) is 0 Å². The maximum absolute atomic E-state index is 11.8. The Hall–Kier alpha value is -1.06. The van der Waals surface area contributed by atoms with E-state index in [-0.39, 0.29) is 18.1 Å². The van der Waals surface area contributed by atoms with Crippen LogP contribution in [0.5, 0.6) is 0 Å². The van der Waals surface area contributed by atoms with E-state index in [0.717, 1.165) is 0 Å². The summed E-state index contributed by atoms with van der Waals surface area (Å²) in [5.74, 6) is -1.54. The Morgan fingerprint density at radius 2 is 1.18 bits per heavy atom. The zero-order chi connectivity index (χ0) is 13.6. The summed E-state index contributed by atoms with van der Waals surface area (Å²) in [5, 5.41) is 0. The van der Waals surface area contributed by atoms with E-state index >= 15 is 0 Å². The van der Waals surface area contributed by atoms with Gasteiger partial charge in [-0.2, -0.15) is 0 Å². The molecule has 0 aromatic rings. The fraction of sp³-hybridized carbons (Fsp3) is 0.846. The Morgan fingerprint density at radius 3 is 1.41 bits per heavy atom. The highest BCUT2D eigenvalue weighted by Gasteiger charge is 2.31. The van der Waals surface area contributed by atoms with Crippen molar-refractivity contribution in [3.8, 4) is 0 Å². The SMILES string of the molecule is CC(C)CC(C(=O)OC(C)C)C(=O)OC(C)C. The standard InChI is InChI=1S/C13H24O4/c1-8(2)7-11(12(14)16-9(3)4)13(15)17-10(5)6/h8-11H,7H2,1-6H3. The van der Waals surface area contributed by atoms with Gasteiger partial charge in [-0.3, -0.25) is 9.59 Å². The van der Waals surface area contributed by atoms with Gasteiger partial charge < -0.3 is 9.47 Å². The van der Waals surface area contributed by atoms with E-state index < -0.39 is 17.9 Å². The number of esters is 2. The first-order valence-corrected chi connectivity index (χ1v) is 6.15. The molecule has 0 saturated carbocycles. The predicted octanol–water partition coefficient (Wildman–Crippen LogP) is 2.55. The second-order valence-corrected chi connectivity index (χ2v) is 5.15. The summed E-state index contributed by atoms with van der Waals surface area (Å²) in [4.78, 5) is 23.6. The lowest BCUT2D eigenvalue weighted by Crippen LogP contribution is -2.32. The minimum atomic E-state index is -0.806. The Bertz CT molecular complexity index is 234. The van der Waals surface area contributed by atoms with Gasteiger partial charge in [0.2, 0.25) is 0 Å². The summed E-state index contributed by atoms with van der Waals surface area (Å²) in [6.07, 6.45) is 0.0184. The van der Waals surface area contributed by atoms with Crippen molar-refractivity contribution in [2.45, 2.75) is 60.2 Å². The van der Waals surface area contributed by atoms with Gasteiger partial charge in [0.1, 0.15) is 0 Å². The quantitative estimate of drug-likeness (QED) is 0.532. The van der Waals surface area contributed by atoms with Crippen LogP contribution in [-0.2, 0) is 19.1 Å². The smallest absolute Gasteiger partial charge is 0.320 e. The van der Waals surface area contributed by atoms with Crippen LogP contribution in [0.15, 0.2) is 0 Å². The van der Waals surface area contributed by atoms with Gasteiger partial charge in [-0.25, -0.2) is 0 Å². The molecule has 0 radical (unpaired) electrons. The molecule has 0 bridgehead atoms. The number of carbonyl (C=O) groups is 2. The van der Waals surface area contributed by atoms with Crippen molar-refractivity contribution in [3.63, 3.8) is 0 Å². The Balaban J connectivity index is 4.62. The van der Waals surface area contributed by atoms with Gasteiger partial charge in [0, 0.05) is 0 Å². The van der Waals surface area contributed by atoms with Gasteiger partial charge in [-0.1, -0.05) is 13.8 Å². The van der Waals surface area contributed by atoms with Gasteiger partial charge in [-0.15, -0.1) is 0 Å².